The minimum Gasteiger partial charge on any atom is -0.470 e. The molecule has 1 heteroatoms. The van der Waals surface area contributed by atoms with Crippen LogP contribution < -0.4 is 0 Å². The van der Waals surface area contributed by atoms with E-state index in [2.05, 4.69) is 13.5 Å². The van der Waals surface area contributed by atoms with Gasteiger partial charge in [0.1, 0.15) is 0 Å². The molecule has 0 saturated carbocycles. The van der Waals surface area contributed by atoms with Gasteiger partial charge in [-0.2, -0.15) is 0 Å². The summed E-state index contributed by atoms with van der Waals surface area (Å²) < 4.78 is 5.19. The molecule has 1 nitrogen and oxygen atoms in total. The van der Waals surface area contributed by atoms with Crippen molar-refractivity contribution in [3.63, 3.8) is 0 Å². The fraction of sp³-hybridized carbons (Fsp3) is 0.636. The van der Waals surface area contributed by atoms with Gasteiger partial charge < -0.3 is 4.74 Å². The molecule has 0 bridgehead atoms. The minimum atomic E-state index is 0.827. The van der Waals surface area contributed by atoms with Gasteiger partial charge in [-0.05, 0) is 18.9 Å². The molecular weight excluding hydrogens is 148 g/mol. The van der Waals surface area contributed by atoms with Crippen molar-refractivity contribution in [1.82, 2.24) is 0 Å². The average molecular weight is 170 g/mol. The summed E-state index contributed by atoms with van der Waals surface area (Å²) in [5.74, 6) is 0.827. The van der Waals surface area contributed by atoms with Gasteiger partial charge in [-0.25, -0.2) is 0 Å². The highest BCUT2D eigenvalue weighted by atomic mass is 16.5. The lowest BCUT2D eigenvalue weighted by Gasteiger charge is -2.01. The lowest BCUT2D eigenvalue weighted by atomic mass is 10.3. The Hall–Kier alpha value is -0.720. The Labute approximate surface area is 77.1 Å². The summed E-state index contributed by atoms with van der Waals surface area (Å²) in [6.07, 6.45) is 3.69. The highest BCUT2D eigenvalue weighted by Crippen LogP contribution is 2.04. The van der Waals surface area contributed by atoms with Crippen molar-refractivity contribution in [3.05, 3.63) is 24.2 Å². The molecule has 0 aliphatic carbocycles. The van der Waals surface area contributed by atoms with Gasteiger partial charge in [-0.15, -0.1) is 0 Å². The van der Waals surface area contributed by atoms with E-state index in [9.17, 15) is 0 Å². The maximum absolute atomic E-state index is 5.19. The van der Waals surface area contributed by atoms with E-state index in [0.29, 0.717) is 0 Å². The van der Waals surface area contributed by atoms with Gasteiger partial charge in [-0.1, -0.05) is 34.3 Å². The third-order valence-electron chi connectivity index (χ3n) is 1.38. The molecule has 0 N–H and O–H groups in total. The number of hydrogen-bond donors (Lipinski definition) is 0. The minimum absolute atomic E-state index is 0.827. The third kappa shape index (κ3) is 9.28. The van der Waals surface area contributed by atoms with E-state index in [0.717, 1.165) is 18.6 Å². The number of allylic oxidation sites excluding steroid dienone is 2. The second kappa shape index (κ2) is 10.3. The third-order valence-corrected chi connectivity index (χ3v) is 1.38. The molecule has 0 atom stereocenters. The van der Waals surface area contributed by atoms with E-state index >= 15 is 0 Å². The molecule has 0 aromatic rings. The Morgan fingerprint density at radius 3 is 2.08 bits per heavy atom. The van der Waals surface area contributed by atoms with E-state index in [1.165, 1.54) is 5.57 Å². The first-order valence-corrected chi connectivity index (χ1v) is 4.70. The molecule has 72 valence electrons. The molecule has 0 unspecified atom stereocenters. The molecule has 0 aliphatic rings. The second-order valence-electron chi connectivity index (χ2n) is 2.33. The molecular formula is C11H22O. The summed E-state index contributed by atoms with van der Waals surface area (Å²) in [5, 5.41) is 0. The predicted molar refractivity (Wildman–Crippen MR) is 55.9 cm³/mol. The van der Waals surface area contributed by atoms with E-state index in [4.69, 9.17) is 4.74 Å². The normalized spacial score (nSPS) is 9.92. The fourth-order valence-electron chi connectivity index (χ4n) is 0.351. The van der Waals surface area contributed by atoms with E-state index < -0.39 is 0 Å². The Morgan fingerprint density at radius 1 is 1.25 bits per heavy atom. The van der Waals surface area contributed by atoms with Crippen LogP contribution in [0.5, 0.6) is 0 Å². The molecule has 12 heavy (non-hydrogen) atoms. The van der Waals surface area contributed by atoms with Crippen LogP contribution in [0.15, 0.2) is 24.2 Å². The molecule has 0 radical (unpaired) electrons. The van der Waals surface area contributed by atoms with Crippen LogP contribution in [0, 0.1) is 0 Å². The number of ether oxygens (including phenoxy) is 1. The first-order valence-electron chi connectivity index (χ1n) is 4.70. The van der Waals surface area contributed by atoms with Gasteiger partial charge in [0.05, 0.1) is 12.0 Å². The zero-order chi connectivity index (χ0) is 9.98. The smallest absolute Gasteiger partial charge is 0.0957 e. The SMILES string of the molecule is C=C(CC)O/C=C(\C)CC.CC. The fourth-order valence-corrected chi connectivity index (χ4v) is 0.351. The first kappa shape index (κ1) is 13.8. The average Bonchev–Trinajstić information content (AvgIpc) is 2.16. The molecule has 0 amide bonds. The maximum Gasteiger partial charge on any atom is 0.0957 e. The molecule has 0 aromatic heterocycles. The van der Waals surface area contributed by atoms with Gasteiger partial charge in [-0.3, -0.25) is 0 Å². The molecule has 0 fully saturated rings. The van der Waals surface area contributed by atoms with E-state index in [1.807, 2.05) is 27.7 Å². The van der Waals surface area contributed by atoms with Crippen molar-refractivity contribution in [2.24, 2.45) is 0 Å². The maximum atomic E-state index is 5.19. The van der Waals surface area contributed by atoms with Gasteiger partial charge in [0, 0.05) is 6.42 Å². The molecule has 0 saturated heterocycles. The second-order valence-corrected chi connectivity index (χ2v) is 2.33. The lowest BCUT2D eigenvalue weighted by molar-refractivity contribution is 0.335. The summed E-state index contributed by atoms with van der Waals surface area (Å²) in [4.78, 5) is 0. The summed E-state index contributed by atoms with van der Waals surface area (Å²) in [6.45, 7) is 13.9. The molecule has 0 heterocycles. The summed E-state index contributed by atoms with van der Waals surface area (Å²) in [7, 11) is 0. The Bertz CT molecular complexity index is 134. The van der Waals surface area contributed by atoms with Gasteiger partial charge in [0.2, 0.25) is 0 Å². The molecule has 0 aliphatic heterocycles. The lowest BCUT2D eigenvalue weighted by Crippen LogP contribution is -1.81. The Balaban J connectivity index is 0. The Kier molecular flexibility index (Phi) is 11.9. The highest BCUT2D eigenvalue weighted by molar-refractivity contribution is 4.94. The summed E-state index contributed by atoms with van der Waals surface area (Å²) >= 11 is 0. The van der Waals surface area contributed by atoms with Crippen LogP contribution in [-0.2, 0) is 4.74 Å². The summed E-state index contributed by atoms with van der Waals surface area (Å²) in [5.41, 5.74) is 1.25. The topological polar surface area (TPSA) is 9.23 Å². The van der Waals surface area contributed by atoms with Crippen LogP contribution in [-0.4, -0.2) is 0 Å². The van der Waals surface area contributed by atoms with Gasteiger partial charge in [0.15, 0.2) is 0 Å². The number of rotatable bonds is 4. The zero-order valence-corrected chi connectivity index (χ0v) is 9.11. The highest BCUT2D eigenvalue weighted by Gasteiger charge is 1.87. The van der Waals surface area contributed by atoms with Crippen molar-refractivity contribution < 1.29 is 4.74 Å². The van der Waals surface area contributed by atoms with E-state index in [1.54, 1.807) is 6.26 Å². The van der Waals surface area contributed by atoms with Crippen molar-refractivity contribution in [2.75, 3.05) is 0 Å². The zero-order valence-electron chi connectivity index (χ0n) is 9.11. The van der Waals surface area contributed by atoms with Crippen molar-refractivity contribution >= 4 is 0 Å². The molecule has 0 aromatic carbocycles. The molecule has 0 spiro atoms. The summed E-state index contributed by atoms with van der Waals surface area (Å²) in [6, 6.07) is 0. The van der Waals surface area contributed by atoms with Crippen LogP contribution in [0.25, 0.3) is 0 Å². The van der Waals surface area contributed by atoms with Crippen molar-refractivity contribution in [1.29, 1.82) is 0 Å². The van der Waals surface area contributed by atoms with Crippen molar-refractivity contribution in [2.45, 2.75) is 47.5 Å². The van der Waals surface area contributed by atoms with Gasteiger partial charge in [0.25, 0.3) is 0 Å². The van der Waals surface area contributed by atoms with E-state index in [-0.39, 0.29) is 0 Å². The largest absolute Gasteiger partial charge is 0.470 e. The molecule has 0 rings (SSSR count). The van der Waals surface area contributed by atoms with Crippen LogP contribution in [0.1, 0.15) is 47.5 Å². The predicted octanol–water partition coefficient (Wildman–Crippen LogP) is 4.27. The van der Waals surface area contributed by atoms with Crippen LogP contribution in [0.4, 0.5) is 0 Å². The quantitative estimate of drug-likeness (QED) is 0.573. The monoisotopic (exact) mass is 170 g/mol. The van der Waals surface area contributed by atoms with Crippen LogP contribution in [0.3, 0.4) is 0 Å². The van der Waals surface area contributed by atoms with Crippen molar-refractivity contribution in [3.8, 4) is 0 Å². The first-order chi connectivity index (χ1) is 5.70. The number of hydrogen-bond acceptors (Lipinski definition) is 1. The Morgan fingerprint density at radius 2 is 1.75 bits per heavy atom. The van der Waals surface area contributed by atoms with Crippen LogP contribution in [0.2, 0.25) is 0 Å². The standard InChI is InChI=1S/C9H16O.C2H6/c1-5-8(3)7-10-9(4)6-2;1-2/h7H,4-6H2,1-3H3;1-2H3/b8-7+;. The van der Waals surface area contributed by atoms with Crippen LogP contribution >= 0.6 is 0 Å². The van der Waals surface area contributed by atoms with Gasteiger partial charge >= 0.3 is 0 Å².